The van der Waals surface area contributed by atoms with E-state index in [1.54, 1.807) is 0 Å². The van der Waals surface area contributed by atoms with Gasteiger partial charge in [-0.1, -0.05) is 115 Å². The van der Waals surface area contributed by atoms with Gasteiger partial charge in [0.2, 0.25) is 0 Å². The Morgan fingerprint density at radius 3 is 2.04 bits per heavy atom. The van der Waals surface area contributed by atoms with Gasteiger partial charge in [0.25, 0.3) is 0 Å². The van der Waals surface area contributed by atoms with Gasteiger partial charge in [0.1, 0.15) is 0 Å². The highest BCUT2D eigenvalue weighted by Gasteiger charge is 2.23. The number of benzene rings is 2. The lowest BCUT2D eigenvalue weighted by molar-refractivity contribution is 0.439. The SMILES string of the molecule is CCCCCCCCCCCC(C)(C)c1ccc2ccccc2c1CN. The van der Waals surface area contributed by atoms with Crippen molar-refractivity contribution >= 4 is 10.8 Å². The lowest BCUT2D eigenvalue weighted by Gasteiger charge is -2.29. The van der Waals surface area contributed by atoms with Crippen LogP contribution in [0.15, 0.2) is 36.4 Å². The minimum absolute atomic E-state index is 0.194. The van der Waals surface area contributed by atoms with Gasteiger partial charge in [-0.15, -0.1) is 0 Å². The molecule has 0 bridgehead atoms. The lowest BCUT2D eigenvalue weighted by atomic mass is 9.76. The highest BCUT2D eigenvalue weighted by atomic mass is 14.5. The molecule has 0 amide bonds. The molecular weight excluding hydrogens is 314 g/mol. The molecule has 0 spiro atoms. The number of unbranched alkanes of at least 4 members (excludes halogenated alkanes) is 8. The number of nitrogens with two attached hydrogens (primary N) is 1. The van der Waals surface area contributed by atoms with Gasteiger partial charge in [0, 0.05) is 6.54 Å². The van der Waals surface area contributed by atoms with Crippen LogP contribution in [0.5, 0.6) is 0 Å². The van der Waals surface area contributed by atoms with Crippen LogP contribution in [0.4, 0.5) is 0 Å². The van der Waals surface area contributed by atoms with Crippen LogP contribution in [0, 0.1) is 0 Å². The number of fused-ring (bicyclic) bond motifs is 1. The zero-order chi connectivity index (χ0) is 18.8. The summed E-state index contributed by atoms with van der Waals surface area (Å²) in [5.41, 5.74) is 9.13. The molecule has 0 saturated carbocycles. The van der Waals surface area contributed by atoms with Crippen LogP contribution < -0.4 is 5.73 Å². The molecule has 2 rings (SSSR count). The highest BCUT2D eigenvalue weighted by molar-refractivity contribution is 5.87. The molecule has 2 N–H and O–H groups in total. The molecule has 0 fully saturated rings. The second kappa shape index (κ2) is 10.7. The standard InChI is InChI=1S/C25H39N/c1-4-5-6-7-8-9-10-11-14-19-25(2,3)24-18-17-21-15-12-13-16-22(21)23(24)20-26/h12-13,15-18H,4-11,14,19-20,26H2,1-3H3. The first kappa shape index (κ1) is 21.0. The Morgan fingerprint density at radius 2 is 1.38 bits per heavy atom. The summed E-state index contributed by atoms with van der Waals surface area (Å²) in [4.78, 5) is 0. The van der Waals surface area contributed by atoms with E-state index in [0.717, 1.165) is 0 Å². The maximum atomic E-state index is 6.16. The fraction of sp³-hybridized carbons (Fsp3) is 0.600. The summed E-state index contributed by atoms with van der Waals surface area (Å²) in [6.45, 7) is 7.69. The molecule has 0 radical (unpaired) electrons. The molecule has 2 aromatic carbocycles. The Morgan fingerprint density at radius 1 is 0.769 bits per heavy atom. The predicted octanol–water partition coefficient (Wildman–Crippen LogP) is 7.50. The van der Waals surface area contributed by atoms with Gasteiger partial charge in [-0.2, -0.15) is 0 Å². The molecule has 26 heavy (non-hydrogen) atoms. The van der Waals surface area contributed by atoms with Crippen molar-refractivity contribution in [1.29, 1.82) is 0 Å². The first-order valence-corrected chi connectivity index (χ1v) is 10.8. The Bertz CT molecular complexity index is 656. The maximum Gasteiger partial charge on any atom is 0.0187 e. The molecule has 0 saturated heterocycles. The maximum absolute atomic E-state index is 6.16. The van der Waals surface area contributed by atoms with Gasteiger partial charge in [0.15, 0.2) is 0 Å². The van der Waals surface area contributed by atoms with Crippen LogP contribution in [0.2, 0.25) is 0 Å². The molecule has 0 atom stereocenters. The van der Waals surface area contributed by atoms with Gasteiger partial charge >= 0.3 is 0 Å². The van der Waals surface area contributed by atoms with Crippen LogP contribution in [-0.2, 0) is 12.0 Å². The van der Waals surface area contributed by atoms with Crippen LogP contribution in [-0.4, -0.2) is 0 Å². The Labute approximate surface area is 161 Å². The Kier molecular flexibility index (Phi) is 8.65. The first-order valence-electron chi connectivity index (χ1n) is 10.8. The molecule has 0 aliphatic carbocycles. The average Bonchev–Trinajstić information content (AvgIpc) is 2.65. The van der Waals surface area contributed by atoms with Gasteiger partial charge in [0.05, 0.1) is 0 Å². The van der Waals surface area contributed by atoms with Gasteiger partial charge in [-0.05, 0) is 33.7 Å². The zero-order valence-corrected chi connectivity index (χ0v) is 17.3. The summed E-state index contributed by atoms with van der Waals surface area (Å²) in [5.74, 6) is 0. The van der Waals surface area contributed by atoms with E-state index in [1.165, 1.54) is 86.1 Å². The minimum Gasteiger partial charge on any atom is -0.326 e. The summed E-state index contributed by atoms with van der Waals surface area (Å²) in [6, 6.07) is 13.2. The monoisotopic (exact) mass is 353 g/mol. The molecule has 0 unspecified atom stereocenters. The van der Waals surface area contributed by atoms with E-state index in [4.69, 9.17) is 5.73 Å². The van der Waals surface area contributed by atoms with Crippen molar-refractivity contribution in [3.05, 3.63) is 47.5 Å². The van der Waals surface area contributed by atoms with Crippen molar-refractivity contribution in [2.24, 2.45) is 5.73 Å². The number of hydrogen-bond donors (Lipinski definition) is 1. The van der Waals surface area contributed by atoms with Crippen LogP contribution in [0.25, 0.3) is 10.8 Å². The summed E-state index contributed by atoms with van der Waals surface area (Å²) in [5, 5.41) is 2.63. The van der Waals surface area contributed by atoms with Crippen LogP contribution in [0.1, 0.15) is 96.1 Å². The minimum atomic E-state index is 0.194. The van der Waals surface area contributed by atoms with Gasteiger partial charge in [-0.3, -0.25) is 0 Å². The summed E-state index contributed by atoms with van der Waals surface area (Å²) < 4.78 is 0. The van der Waals surface area contributed by atoms with E-state index in [2.05, 4.69) is 57.2 Å². The number of hydrogen-bond acceptors (Lipinski definition) is 1. The molecule has 1 nitrogen and oxygen atoms in total. The zero-order valence-electron chi connectivity index (χ0n) is 17.3. The summed E-state index contributed by atoms with van der Waals surface area (Å²) >= 11 is 0. The fourth-order valence-corrected chi connectivity index (χ4v) is 4.20. The van der Waals surface area contributed by atoms with E-state index < -0.39 is 0 Å². The predicted molar refractivity (Wildman–Crippen MR) is 117 cm³/mol. The lowest BCUT2D eigenvalue weighted by Crippen LogP contribution is -2.20. The second-order valence-electron chi connectivity index (χ2n) is 8.48. The molecule has 144 valence electrons. The van der Waals surface area contributed by atoms with E-state index in [-0.39, 0.29) is 5.41 Å². The largest absolute Gasteiger partial charge is 0.326 e. The first-order chi connectivity index (χ1) is 12.6. The van der Waals surface area contributed by atoms with E-state index in [0.29, 0.717) is 6.54 Å². The second-order valence-corrected chi connectivity index (χ2v) is 8.48. The van der Waals surface area contributed by atoms with Crippen molar-refractivity contribution in [3.63, 3.8) is 0 Å². The summed E-state index contributed by atoms with van der Waals surface area (Å²) in [6.07, 6.45) is 13.8. The van der Waals surface area contributed by atoms with Gasteiger partial charge in [-0.25, -0.2) is 0 Å². The Hall–Kier alpha value is -1.34. The molecule has 0 aliphatic heterocycles. The number of rotatable bonds is 12. The highest BCUT2D eigenvalue weighted by Crippen LogP contribution is 2.35. The molecule has 0 aliphatic rings. The molecule has 0 heterocycles. The normalized spacial score (nSPS) is 12.0. The fourth-order valence-electron chi connectivity index (χ4n) is 4.20. The average molecular weight is 354 g/mol. The van der Waals surface area contributed by atoms with E-state index >= 15 is 0 Å². The van der Waals surface area contributed by atoms with E-state index in [1.807, 2.05) is 0 Å². The quantitative estimate of drug-likeness (QED) is 0.393. The smallest absolute Gasteiger partial charge is 0.0187 e. The van der Waals surface area contributed by atoms with Crippen molar-refractivity contribution in [3.8, 4) is 0 Å². The van der Waals surface area contributed by atoms with Crippen LogP contribution in [0.3, 0.4) is 0 Å². The molecule has 1 heteroatoms. The topological polar surface area (TPSA) is 26.0 Å². The van der Waals surface area contributed by atoms with Crippen molar-refractivity contribution in [2.75, 3.05) is 0 Å². The molecule has 2 aromatic rings. The Balaban J connectivity index is 1.87. The summed E-state index contributed by atoms with van der Waals surface area (Å²) in [7, 11) is 0. The van der Waals surface area contributed by atoms with Crippen molar-refractivity contribution in [2.45, 2.75) is 96.9 Å². The molecule has 0 aromatic heterocycles. The third-order valence-corrected chi connectivity index (χ3v) is 5.88. The van der Waals surface area contributed by atoms with E-state index in [9.17, 15) is 0 Å². The third-order valence-electron chi connectivity index (χ3n) is 5.88. The van der Waals surface area contributed by atoms with Gasteiger partial charge < -0.3 is 5.73 Å². The third kappa shape index (κ3) is 5.84. The molecular formula is C25H39N. The van der Waals surface area contributed by atoms with Crippen molar-refractivity contribution < 1.29 is 0 Å². The van der Waals surface area contributed by atoms with Crippen LogP contribution >= 0.6 is 0 Å². The van der Waals surface area contributed by atoms with Crippen molar-refractivity contribution in [1.82, 2.24) is 0 Å².